The van der Waals surface area contributed by atoms with E-state index in [2.05, 4.69) is 5.43 Å². The fourth-order valence-electron chi connectivity index (χ4n) is 2.11. The van der Waals surface area contributed by atoms with Crippen LogP contribution in [-0.4, -0.2) is 16.8 Å². The lowest BCUT2D eigenvalue weighted by atomic mass is 10.00. The first-order chi connectivity index (χ1) is 9.25. The summed E-state index contributed by atoms with van der Waals surface area (Å²) in [5.41, 5.74) is 4.92. The second-order valence-corrected chi connectivity index (χ2v) is 4.35. The summed E-state index contributed by atoms with van der Waals surface area (Å²) < 4.78 is 0. The number of rotatable bonds is 2. The summed E-state index contributed by atoms with van der Waals surface area (Å²) in [6, 6.07) is 16.4. The summed E-state index contributed by atoms with van der Waals surface area (Å²) in [6.45, 7) is 0. The highest BCUT2D eigenvalue weighted by Crippen LogP contribution is 2.20. The summed E-state index contributed by atoms with van der Waals surface area (Å²) in [4.78, 5) is 24.3. The minimum absolute atomic E-state index is 0.238. The van der Waals surface area contributed by atoms with Crippen molar-refractivity contribution in [1.82, 2.24) is 5.01 Å². The van der Waals surface area contributed by atoms with Gasteiger partial charge in [-0.3, -0.25) is 15.0 Å². The topological polar surface area (TPSA) is 49.4 Å². The molecule has 19 heavy (non-hydrogen) atoms. The Morgan fingerprint density at radius 1 is 0.895 bits per heavy atom. The Bertz CT molecular complexity index is 638. The van der Waals surface area contributed by atoms with Crippen LogP contribution in [0.15, 0.2) is 54.6 Å². The summed E-state index contributed by atoms with van der Waals surface area (Å²) in [5, 5.41) is 1.08. The second kappa shape index (κ2) is 4.57. The highest BCUT2D eigenvalue weighted by molar-refractivity contribution is 6.10. The zero-order valence-corrected chi connectivity index (χ0v) is 10.2. The van der Waals surface area contributed by atoms with E-state index in [0.29, 0.717) is 11.3 Å². The SMILES string of the molecule is O=C1Cc2ccccc2C(=O)N1Nc1ccccc1. The third kappa shape index (κ3) is 2.08. The van der Waals surface area contributed by atoms with E-state index in [1.54, 1.807) is 24.3 Å². The molecule has 0 fully saturated rings. The third-order valence-electron chi connectivity index (χ3n) is 3.06. The first-order valence-electron chi connectivity index (χ1n) is 6.02. The maximum Gasteiger partial charge on any atom is 0.279 e. The molecule has 1 aliphatic rings. The zero-order chi connectivity index (χ0) is 13.2. The lowest BCUT2D eigenvalue weighted by Gasteiger charge is -2.27. The molecule has 3 rings (SSSR count). The van der Waals surface area contributed by atoms with E-state index >= 15 is 0 Å². The van der Waals surface area contributed by atoms with Crippen LogP contribution in [0.25, 0.3) is 0 Å². The van der Waals surface area contributed by atoms with Crippen molar-refractivity contribution >= 4 is 17.5 Å². The predicted octanol–water partition coefficient (Wildman–Crippen LogP) is 2.24. The van der Waals surface area contributed by atoms with E-state index in [9.17, 15) is 9.59 Å². The highest BCUT2D eigenvalue weighted by Gasteiger charge is 2.30. The Kier molecular flexibility index (Phi) is 2.76. The van der Waals surface area contributed by atoms with Gasteiger partial charge in [0.05, 0.1) is 12.1 Å². The molecular formula is C15H12N2O2. The number of carbonyl (C=O) groups excluding carboxylic acids is 2. The number of anilines is 1. The Balaban J connectivity index is 1.92. The lowest BCUT2D eigenvalue weighted by Crippen LogP contribution is -2.45. The number of hydrazine groups is 1. The van der Waals surface area contributed by atoms with Crippen molar-refractivity contribution in [1.29, 1.82) is 0 Å². The van der Waals surface area contributed by atoms with Gasteiger partial charge < -0.3 is 0 Å². The van der Waals surface area contributed by atoms with E-state index in [1.807, 2.05) is 30.3 Å². The summed E-state index contributed by atoms with van der Waals surface area (Å²) in [7, 11) is 0. The highest BCUT2D eigenvalue weighted by atomic mass is 16.2. The van der Waals surface area contributed by atoms with Gasteiger partial charge in [0.2, 0.25) is 0 Å². The van der Waals surface area contributed by atoms with Gasteiger partial charge in [-0.1, -0.05) is 36.4 Å². The average Bonchev–Trinajstić information content (AvgIpc) is 2.45. The first kappa shape index (κ1) is 11.5. The van der Waals surface area contributed by atoms with Crippen LogP contribution in [0.2, 0.25) is 0 Å². The normalized spacial score (nSPS) is 14.2. The number of fused-ring (bicyclic) bond motifs is 1. The number of nitrogens with zero attached hydrogens (tertiary/aromatic N) is 1. The first-order valence-corrected chi connectivity index (χ1v) is 6.02. The van der Waals surface area contributed by atoms with Gasteiger partial charge in [-0.05, 0) is 23.8 Å². The number of nitrogens with one attached hydrogen (secondary N) is 1. The van der Waals surface area contributed by atoms with Crippen molar-refractivity contribution in [3.63, 3.8) is 0 Å². The van der Waals surface area contributed by atoms with Crippen LogP contribution in [0, 0.1) is 0 Å². The standard InChI is InChI=1S/C15H12N2O2/c18-14-10-11-6-4-5-9-13(11)15(19)17(14)16-12-7-2-1-3-8-12/h1-9,16H,10H2. The molecule has 0 unspecified atom stereocenters. The van der Waals surface area contributed by atoms with Crippen molar-refractivity contribution in [2.24, 2.45) is 0 Å². The molecule has 1 heterocycles. The lowest BCUT2D eigenvalue weighted by molar-refractivity contribution is -0.127. The van der Waals surface area contributed by atoms with Crippen LogP contribution in [0.1, 0.15) is 15.9 Å². The number of benzene rings is 2. The fourth-order valence-corrected chi connectivity index (χ4v) is 2.11. The fraction of sp³-hybridized carbons (Fsp3) is 0.0667. The molecule has 94 valence electrons. The average molecular weight is 252 g/mol. The number of amides is 2. The van der Waals surface area contributed by atoms with E-state index in [-0.39, 0.29) is 18.2 Å². The molecule has 2 amide bonds. The molecule has 0 spiro atoms. The minimum atomic E-state index is -0.310. The predicted molar refractivity (Wildman–Crippen MR) is 71.4 cm³/mol. The van der Waals surface area contributed by atoms with Crippen LogP contribution in [0.4, 0.5) is 5.69 Å². The number of para-hydroxylation sites is 1. The maximum atomic E-state index is 12.3. The molecule has 0 saturated carbocycles. The Morgan fingerprint density at radius 3 is 2.37 bits per heavy atom. The summed E-state index contributed by atoms with van der Waals surface area (Å²) >= 11 is 0. The molecule has 2 aromatic carbocycles. The Labute approximate surface area is 110 Å². The number of hydrogen-bond acceptors (Lipinski definition) is 3. The van der Waals surface area contributed by atoms with Gasteiger partial charge in [0.15, 0.2) is 0 Å². The van der Waals surface area contributed by atoms with Gasteiger partial charge in [0.25, 0.3) is 11.8 Å². The number of carbonyl (C=O) groups is 2. The van der Waals surface area contributed by atoms with E-state index in [0.717, 1.165) is 10.6 Å². The Morgan fingerprint density at radius 2 is 1.58 bits per heavy atom. The summed E-state index contributed by atoms with van der Waals surface area (Å²) in [5.74, 6) is -0.553. The van der Waals surface area contributed by atoms with Crippen molar-refractivity contribution in [3.05, 3.63) is 65.7 Å². The van der Waals surface area contributed by atoms with E-state index in [4.69, 9.17) is 0 Å². The smallest absolute Gasteiger partial charge is 0.279 e. The molecule has 0 aliphatic carbocycles. The van der Waals surface area contributed by atoms with Gasteiger partial charge in [-0.2, -0.15) is 5.01 Å². The van der Waals surface area contributed by atoms with Gasteiger partial charge in [-0.25, -0.2) is 0 Å². The monoisotopic (exact) mass is 252 g/mol. The van der Waals surface area contributed by atoms with Gasteiger partial charge in [0, 0.05) is 5.56 Å². The van der Waals surface area contributed by atoms with Crippen LogP contribution < -0.4 is 5.43 Å². The minimum Gasteiger partial charge on any atom is -0.289 e. The molecule has 0 aromatic heterocycles. The molecule has 0 atom stereocenters. The van der Waals surface area contributed by atoms with E-state index in [1.165, 1.54) is 0 Å². The van der Waals surface area contributed by atoms with Gasteiger partial charge in [-0.15, -0.1) is 0 Å². The van der Waals surface area contributed by atoms with Crippen molar-refractivity contribution in [3.8, 4) is 0 Å². The molecule has 0 saturated heterocycles. The molecule has 0 bridgehead atoms. The molecule has 1 aliphatic heterocycles. The van der Waals surface area contributed by atoms with Crippen LogP contribution in [0.5, 0.6) is 0 Å². The van der Waals surface area contributed by atoms with Crippen LogP contribution in [0.3, 0.4) is 0 Å². The zero-order valence-electron chi connectivity index (χ0n) is 10.2. The van der Waals surface area contributed by atoms with Crippen LogP contribution >= 0.6 is 0 Å². The summed E-state index contributed by atoms with van der Waals surface area (Å²) in [6.07, 6.45) is 0.238. The quantitative estimate of drug-likeness (QED) is 0.834. The number of hydrogen-bond donors (Lipinski definition) is 1. The van der Waals surface area contributed by atoms with Gasteiger partial charge in [0.1, 0.15) is 0 Å². The largest absolute Gasteiger partial charge is 0.289 e. The molecule has 1 N–H and O–H groups in total. The third-order valence-corrected chi connectivity index (χ3v) is 3.06. The van der Waals surface area contributed by atoms with E-state index < -0.39 is 0 Å². The molecule has 2 aromatic rings. The van der Waals surface area contributed by atoms with Crippen LogP contribution in [-0.2, 0) is 11.2 Å². The van der Waals surface area contributed by atoms with Gasteiger partial charge >= 0.3 is 0 Å². The van der Waals surface area contributed by atoms with Crippen molar-refractivity contribution in [2.45, 2.75) is 6.42 Å². The Hall–Kier alpha value is -2.62. The molecule has 4 nitrogen and oxygen atoms in total. The maximum absolute atomic E-state index is 12.3. The molecular weight excluding hydrogens is 240 g/mol. The second-order valence-electron chi connectivity index (χ2n) is 4.35. The van der Waals surface area contributed by atoms with Crippen molar-refractivity contribution < 1.29 is 9.59 Å². The molecule has 0 radical (unpaired) electrons. The molecule has 4 heteroatoms. The van der Waals surface area contributed by atoms with Crippen molar-refractivity contribution in [2.75, 3.05) is 5.43 Å². The number of imide groups is 1.